The molecule has 1 fully saturated rings. The lowest BCUT2D eigenvalue weighted by molar-refractivity contribution is 0.0695. The monoisotopic (exact) mass is 517 g/mol. The number of aromatic carboxylic acids is 1. The van der Waals surface area contributed by atoms with E-state index in [2.05, 4.69) is 53.4 Å². The summed E-state index contributed by atoms with van der Waals surface area (Å²) in [6.07, 6.45) is 2.28. The molecule has 2 heterocycles. The van der Waals surface area contributed by atoms with Gasteiger partial charge in [0.05, 0.1) is 11.2 Å². The summed E-state index contributed by atoms with van der Waals surface area (Å²) in [5, 5.41) is 12.2. The molecule has 1 aliphatic rings. The van der Waals surface area contributed by atoms with Crippen LogP contribution in [0.15, 0.2) is 83.8 Å². The van der Waals surface area contributed by atoms with Crippen molar-refractivity contribution in [2.24, 2.45) is 0 Å². The molecule has 0 atom stereocenters. The topological polar surface area (TPSA) is 65.8 Å². The van der Waals surface area contributed by atoms with Crippen LogP contribution in [0.4, 0.5) is 10.1 Å². The van der Waals surface area contributed by atoms with E-state index in [1.165, 1.54) is 22.9 Å². The molecule has 4 aromatic rings. The average Bonchev–Trinajstić information content (AvgIpc) is 2.93. The summed E-state index contributed by atoms with van der Waals surface area (Å²) in [6, 6.07) is 24.1. The minimum absolute atomic E-state index is 0.0954. The van der Waals surface area contributed by atoms with E-state index < -0.39 is 25.1 Å². The van der Waals surface area contributed by atoms with Crippen LogP contribution in [0.2, 0.25) is 0 Å². The predicted molar refractivity (Wildman–Crippen MR) is 149 cm³/mol. The molecule has 0 saturated carbocycles. The van der Waals surface area contributed by atoms with Crippen molar-refractivity contribution < 1.29 is 14.3 Å². The number of hydrogen-bond donors (Lipinski definition) is 1. The number of anilines is 1. The van der Waals surface area contributed by atoms with Gasteiger partial charge in [0, 0.05) is 50.6 Å². The van der Waals surface area contributed by atoms with Gasteiger partial charge in [-0.25, -0.2) is 9.18 Å². The molecule has 0 amide bonds. The van der Waals surface area contributed by atoms with Crippen molar-refractivity contribution in [3.8, 4) is 0 Å². The van der Waals surface area contributed by atoms with E-state index in [-0.39, 0.29) is 10.9 Å². The highest BCUT2D eigenvalue weighted by Gasteiger charge is 2.25. The normalized spacial score (nSPS) is 14.4. The lowest BCUT2D eigenvalue weighted by atomic mass is 10.1. The number of carboxylic acids is 1. The molecule has 1 N–H and O–H groups in total. The van der Waals surface area contributed by atoms with Crippen molar-refractivity contribution in [2.45, 2.75) is 13.5 Å². The van der Waals surface area contributed by atoms with Gasteiger partial charge in [-0.15, -0.1) is 0 Å². The Kier molecular flexibility index (Phi) is 7.36. The second-order valence-corrected chi connectivity index (χ2v) is 11.3. The van der Waals surface area contributed by atoms with Crippen molar-refractivity contribution in [1.82, 2.24) is 9.47 Å². The maximum absolute atomic E-state index is 15.3. The first kappa shape index (κ1) is 25.1. The number of rotatable bonds is 7. The van der Waals surface area contributed by atoms with Gasteiger partial charge in [-0.3, -0.25) is 9.69 Å². The molecule has 1 saturated heterocycles. The number of hydrogen-bond acceptors (Lipinski definition) is 4. The smallest absolute Gasteiger partial charge is 0.341 e. The van der Waals surface area contributed by atoms with Crippen LogP contribution in [-0.4, -0.2) is 53.0 Å². The van der Waals surface area contributed by atoms with Crippen molar-refractivity contribution in [3.63, 3.8) is 0 Å². The number of nitrogens with zero attached hydrogens (tertiary/aromatic N) is 3. The van der Waals surface area contributed by atoms with Gasteiger partial charge in [0.1, 0.15) is 11.4 Å². The average molecular weight is 518 g/mol. The van der Waals surface area contributed by atoms with Crippen LogP contribution in [-0.2, 0) is 6.54 Å². The van der Waals surface area contributed by atoms with Crippen molar-refractivity contribution in [2.75, 3.05) is 37.4 Å². The van der Waals surface area contributed by atoms with E-state index in [4.69, 9.17) is 0 Å². The number of halogens is 1. The number of piperazine rings is 1. The van der Waals surface area contributed by atoms with Gasteiger partial charge in [0.15, 0.2) is 0 Å². The molecule has 190 valence electrons. The number of carboxylic acid groups (broad SMARTS) is 1. The minimum atomic E-state index is -1.30. The standard InChI is InChI=1S/C29H29FN3O3P/c1-2-32-19-24(29(35)36)28(34)23-17-25(30)27(18-26(23)32)33-15-13-31(14-16-33)20-37(21-9-5-3-6-10-21)22-11-7-4-8-12-22/h3-12,17-19H,2,13-16,20H2,1H3,(H,35,36). The Morgan fingerprint density at radius 3 is 2.08 bits per heavy atom. The molecule has 6 nitrogen and oxygen atoms in total. The Morgan fingerprint density at radius 1 is 0.946 bits per heavy atom. The Morgan fingerprint density at radius 2 is 1.54 bits per heavy atom. The molecule has 0 radical (unpaired) electrons. The Balaban J connectivity index is 1.37. The van der Waals surface area contributed by atoms with E-state index in [0.717, 1.165) is 19.4 Å². The van der Waals surface area contributed by atoms with E-state index in [1.807, 2.05) is 24.0 Å². The van der Waals surface area contributed by atoms with E-state index in [9.17, 15) is 14.7 Å². The van der Waals surface area contributed by atoms with Crippen LogP contribution >= 0.6 is 7.92 Å². The van der Waals surface area contributed by atoms with Gasteiger partial charge in [0.2, 0.25) is 5.43 Å². The molecule has 0 spiro atoms. The number of fused-ring (bicyclic) bond motifs is 1. The maximum Gasteiger partial charge on any atom is 0.341 e. The quantitative estimate of drug-likeness (QED) is 0.375. The summed E-state index contributed by atoms with van der Waals surface area (Å²) < 4.78 is 17.0. The molecule has 8 heteroatoms. The highest BCUT2D eigenvalue weighted by atomic mass is 31.1. The van der Waals surface area contributed by atoms with Gasteiger partial charge in [-0.1, -0.05) is 60.7 Å². The number of carbonyl (C=O) groups is 1. The highest BCUT2D eigenvalue weighted by Crippen LogP contribution is 2.35. The maximum atomic E-state index is 15.3. The van der Waals surface area contributed by atoms with Crippen molar-refractivity contribution in [1.29, 1.82) is 0 Å². The van der Waals surface area contributed by atoms with Gasteiger partial charge in [0.25, 0.3) is 0 Å². The number of benzene rings is 3. The summed E-state index contributed by atoms with van der Waals surface area (Å²) in [5.41, 5.74) is -0.000641. The molecule has 37 heavy (non-hydrogen) atoms. The lowest BCUT2D eigenvalue weighted by Gasteiger charge is -2.38. The zero-order valence-corrected chi connectivity index (χ0v) is 21.6. The summed E-state index contributed by atoms with van der Waals surface area (Å²) in [4.78, 5) is 28.6. The number of aryl methyl sites for hydroxylation is 1. The van der Waals surface area contributed by atoms with Crippen molar-refractivity contribution >= 4 is 41.1 Å². The largest absolute Gasteiger partial charge is 0.477 e. The fourth-order valence-electron chi connectivity index (χ4n) is 4.91. The Labute approximate surface area is 216 Å². The third-order valence-electron chi connectivity index (χ3n) is 6.91. The zero-order valence-electron chi connectivity index (χ0n) is 20.7. The minimum Gasteiger partial charge on any atom is -0.477 e. The third-order valence-corrected chi connectivity index (χ3v) is 9.44. The van der Waals surface area contributed by atoms with Gasteiger partial charge < -0.3 is 14.6 Å². The van der Waals surface area contributed by atoms with E-state index in [0.29, 0.717) is 30.8 Å². The van der Waals surface area contributed by atoms with Crippen LogP contribution in [0.3, 0.4) is 0 Å². The van der Waals surface area contributed by atoms with Gasteiger partial charge >= 0.3 is 5.97 Å². The number of aromatic nitrogens is 1. The second-order valence-electron chi connectivity index (χ2n) is 9.13. The second kappa shape index (κ2) is 10.8. The van der Waals surface area contributed by atoms with Crippen LogP contribution in [0.5, 0.6) is 0 Å². The van der Waals surface area contributed by atoms with E-state index in [1.54, 1.807) is 10.6 Å². The Bertz CT molecular complexity index is 1430. The predicted octanol–water partition coefficient (Wildman–Crippen LogP) is 4.07. The van der Waals surface area contributed by atoms with E-state index >= 15 is 4.39 Å². The fourth-order valence-corrected chi connectivity index (χ4v) is 7.29. The summed E-state index contributed by atoms with van der Waals surface area (Å²) >= 11 is 0. The van der Waals surface area contributed by atoms with Gasteiger partial charge in [-0.05, 0) is 37.6 Å². The third kappa shape index (κ3) is 5.15. The first-order chi connectivity index (χ1) is 18.0. The Hall–Kier alpha value is -3.54. The molecule has 0 aliphatic carbocycles. The fraction of sp³-hybridized carbons (Fsp3) is 0.241. The summed E-state index contributed by atoms with van der Waals surface area (Å²) in [6.45, 7) is 5.27. The zero-order chi connectivity index (χ0) is 25.9. The molecule has 1 aromatic heterocycles. The van der Waals surface area contributed by atoms with Gasteiger partial charge in [-0.2, -0.15) is 0 Å². The van der Waals surface area contributed by atoms with Crippen molar-refractivity contribution in [3.05, 3.63) is 101 Å². The van der Waals surface area contributed by atoms with Crippen LogP contribution < -0.4 is 20.9 Å². The van der Waals surface area contributed by atoms with Crippen LogP contribution in [0, 0.1) is 5.82 Å². The molecule has 0 unspecified atom stereocenters. The van der Waals surface area contributed by atoms with Crippen LogP contribution in [0.1, 0.15) is 17.3 Å². The molecule has 1 aliphatic heterocycles. The molecular weight excluding hydrogens is 488 g/mol. The molecular formula is C29H29FN3O3P. The first-order valence-corrected chi connectivity index (χ1v) is 13.9. The molecule has 3 aromatic carbocycles. The molecule has 5 rings (SSSR count). The highest BCUT2D eigenvalue weighted by molar-refractivity contribution is 7.72. The lowest BCUT2D eigenvalue weighted by Crippen LogP contribution is -2.47. The van der Waals surface area contributed by atoms with Crippen LogP contribution in [0.25, 0.3) is 10.9 Å². The molecule has 0 bridgehead atoms. The first-order valence-electron chi connectivity index (χ1n) is 12.4. The number of pyridine rings is 1. The summed E-state index contributed by atoms with van der Waals surface area (Å²) in [7, 11) is -0.544. The SMILES string of the molecule is CCn1cc(C(=O)O)c(=O)c2cc(F)c(N3CCN(CP(c4ccccc4)c4ccccc4)CC3)cc21. The summed E-state index contributed by atoms with van der Waals surface area (Å²) in [5.74, 6) is -1.81.